The molecule has 0 radical (unpaired) electrons. The van der Waals surface area contributed by atoms with Gasteiger partial charge in [-0.15, -0.1) is 0 Å². The summed E-state index contributed by atoms with van der Waals surface area (Å²) in [6.07, 6.45) is 7.91. The molecule has 2 rings (SSSR count). The maximum absolute atomic E-state index is 9.36. The zero-order valence-electron chi connectivity index (χ0n) is 9.30. The Labute approximate surface area is 91.8 Å². The van der Waals surface area contributed by atoms with E-state index in [2.05, 4.69) is 11.4 Å². The molecule has 1 atom stereocenters. The lowest BCUT2D eigenvalue weighted by molar-refractivity contribution is 0.139. The average molecular weight is 208 g/mol. The summed E-state index contributed by atoms with van der Waals surface area (Å²) < 4.78 is 5.42. The van der Waals surface area contributed by atoms with E-state index in [1.165, 1.54) is 25.7 Å². The van der Waals surface area contributed by atoms with E-state index in [9.17, 15) is 5.26 Å². The number of rotatable bonds is 2. The molecule has 1 unspecified atom stereocenters. The van der Waals surface area contributed by atoms with E-state index >= 15 is 0 Å². The lowest BCUT2D eigenvalue weighted by Crippen LogP contribution is -2.48. The summed E-state index contributed by atoms with van der Waals surface area (Å²) in [6, 6.07) is 3.07. The molecule has 1 saturated heterocycles. The lowest BCUT2D eigenvalue weighted by atomic mass is 9.91. The first-order chi connectivity index (χ1) is 7.35. The zero-order chi connectivity index (χ0) is 10.6. The molecule has 0 aromatic rings. The molecule has 1 N–H and O–H groups in total. The predicted octanol–water partition coefficient (Wildman–Crippen LogP) is 1.98. The number of nitriles is 1. The quantitative estimate of drug-likeness (QED) is 0.754. The van der Waals surface area contributed by atoms with E-state index < -0.39 is 0 Å². The summed E-state index contributed by atoms with van der Waals surface area (Å²) >= 11 is 0. The van der Waals surface area contributed by atoms with E-state index in [4.69, 9.17) is 4.74 Å². The maximum atomic E-state index is 9.36. The Morgan fingerprint density at radius 3 is 2.67 bits per heavy atom. The monoisotopic (exact) mass is 208 g/mol. The predicted molar refractivity (Wildman–Crippen MR) is 58.4 cm³/mol. The number of nitrogens with zero attached hydrogens (tertiary/aromatic N) is 1. The van der Waals surface area contributed by atoms with Crippen molar-refractivity contribution in [3.63, 3.8) is 0 Å². The third-order valence-electron chi connectivity index (χ3n) is 3.62. The van der Waals surface area contributed by atoms with Crippen molar-refractivity contribution in [1.29, 1.82) is 5.26 Å². The van der Waals surface area contributed by atoms with E-state index in [1.54, 1.807) is 0 Å². The minimum Gasteiger partial charge on any atom is -0.381 e. The molecule has 2 fully saturated rings. The molecule has 1 saturated carbocycles. The van der Waals surface area contributed by atoms with Crippen LogP contribution in [0.15, 0.2) is 0 Å². The van der Waals surface area contributed by atoms with Crippen LogP contribution < -0.4 is 5.32 Å². The van der Waals surface area contributed by atoms with Crippen molar-refractivity contribution in [3.8, 4) is 6.07 Å². The highest BCUT2D eigenvalue weighted by Crippen LogP contribution is 2.26. The van der Waals surface area contributed by atoms with Gasteiger partial charge in [-0.3, -0.25) is 5.32 Å². The Morgan fingerprint density at radius 2 is 1.93 bits per heavy atom. The third kappa shape index (κ3) is 2.70. The topological polar surface area (TPSA) is 45.0 Å². The summed E-state index contributed by atoms with van der Waals surface area (Å²) in [5.74, 6) is 0. The molecule has 0 aromatic heterocycles. The smallest absolute Gasteiger partial charge is 0.109 e. The summed E-state index contributed by atoms with van der Waals surface area (Å²) in [7, 11) is 0. The SMILES string of the molecule is N#CC1(NC2CCCC2)CCCOCC1. The molecule has 0 bridgehead atoms. The highest BCUT2D eigenvalue weighted by atomic mass is 16.5. The second-order valence-electron chi connectivity index (χ2n) is 4.79. The third-order valence-corrected chi connectivity index (χ3v) is 3.62. The van der Waals surface area contributed by atoms with Crippen molar-refractivity contribution in [2.75, 3.05) is 13.2 Å². The van der Waals surface area contributed by atoms with E-state index in [0.717, 1.165) is 32.5 Å². The van der Waals surface area contributed by atoms with Crippen LogP contribution in [0.3, 0.4) is 0 Å². The Balaban J connectivity index is 1.96. The van der Waals surface area contributed by atoms with Gasteiger partial charge in [0.2, 0.25) is 0 Å². The van der Waals surface area contributed by atoms with Gasteiger partial charge in [-0.05, 0) is 25.7 Å². The molecule has 2 aliphatic rings. The van der Waals surface area contributed by atoms with Crippen LogP contribution in [-0.4, -0.2) is 24.8 Å². The van der Waals surface area contributed by atoms with Gasteiger partial charge in [0.25, 0.3) is 0 Å². The second-order valence-corrected chi connectivity index (χ2v) is 4.79. The van der Waals surface area contributed by atoms with Crippen molar-refractivity contribution < 1.29 is 4.74 Å². The first kappa shape index (κ1) is 10.9. The molecule has 3 heteroatoms. The molecule has 0 amide bonds. The van der Waals surface area contributed by atoms with Gasteiger partial charge in [0.1, 0.15) is 5.54 Å². The Kier molecular flexibility index (Phi) is 3.61. The van der Waals surface area contributed by atoms with Gasteiger partial charge in [0.05, 0.1) is 6.07 Å². The Morgan fingerprint density at radius 1 is 1.13 bits per heavy atom. The minimum atomic E-state index is -0.300. The molecule has 0 spiro atoms. The van der Waals surface area contributed by atoms with Crippen LogP contribution in [0.5, 0.6) is 0 Å². The Hall–Kier alpha value is -0.590. The van der Waals surface area contributed by atoms with Crippen molar-refractivity contribution in [2.45, 2.75) is 56.5 Å². The molecule has 15 heavy (non-hydrogen) atoms. The van der Waals surface area contributed by atoms with Crippen LogP contribution in [0.2, 0.25) is 0 Å². The number of hydrogen-bond acceptors (Lipinski definition) is 3. The average Bonchev–Trinajstić information content (AvgIpc) is 2.64. The van der Waals surface area contributed by atoms with Crippen molar-refractivity contribution in [1.82, 2.24) is 5.32 Å². The molecule has 1 aliphatic heterocycles. The standard InChI is InChI=1S/C12H20N2O/c13-10-12(6-3-8-15-9-7-12)14-11-4-1-2-5-11/h11,14H,1-9H2. The van der Waals surface area contributed by atoms with Gasteiger partial charge in [0.15, 0.2) is 0 Å². The first-order valence-electron chi connectivity index (χ1n) is 6.11. The van der Waals surface area contributed by atoms with E-state index in [0.29, 0.717) is 6.04 Å². The molecule has 84 valence electrons. The fourth-order valence-electron chi connectivity index (χ4n) is 2.70. The number of hydrogen-bond donors (Lipinski definition) is 1. The van der Waals surface area contributed by atoms with Crippen LogP contribution in [0.25, 0.3) is 0 Å². The van der Waals surface area contributed by atoms with Gasteiger partial charge in [-0.1, -0.05) is 12.8 Å². The highest BCUT2D eigenvalue weighted by Gasteiger charge is 2.33. The normalized spacial score (nSPS) is 33.5. The van der Waals surface area contributed by atoms with Crippen molar-refractivity contribution in [2.24, 2.45) is 0 Å². The lowest BCUT2D eigenvalue weighted by Gasteiger charge is -2.29. The first-order valence-corrected chi connectivity index (χ1v) is 6.11. The van der Waals surface area contributed by atoms with Crippen LogP contribution in [-0.2, 0) is 4.74 Å². The van der Waals surface area contributed by atoms with Crippen molar-refractivity contribution in [3.05, 3.63) is 0 Å². The molecule has 1 heterocycles. The fraction of sp³-hybridized carbons (Fsp3) is 0.917. The van der Waals surface area contributed by atoms with E-state index in [1.807, 2.05) is 0 Å². The fourth-order valence-corrected chi connectivity index (χ4v) is 2.70. The van der Waals surface area contributed by atoms with Gasteiger partial charge in [0, 0.05) is 25.7 Å². The summed E-state index contributed by atoms with van der Waals surface area (Å²) in [6.45, 7) is 1.54. The summed E-state index contributed by atoms with van der Waals surface area (Å²) in [4.78, 5) is 0. The Bertz CT molecular complexity index is 232. The number of nitrogens with one attached hydrogen (secondary N) is 1. The van der Waals surface area contributed by atoms with E-state index in [-0.39, 0.29) is 5.54 Å². The van der Waals surface area contributed by atoms with Crippen LogP contribution >= 0.6 is 0 Å². The molecular weight excluding hydrogens is 188 g/mol. The second kappa shape index (κ2) is 4.96. The maximum Gasteiger partial charge on any atom is 0.109 e. The van der Waals surface area contributed by atoms with Crippen LogP contribution in [0.1, 0.15) is 44.9 Å². The molecular formula is C12H20N2O. The molecule has 0 aromatic carbocycles. The zero-order valence-corrected chi connectivity index (χ0v) is 9.30. The van der Waals surface area contributed by atoms with Gasteiger partial charge >= 0.3 is 0 Å². The van der Waals surface area contributed by atoms with Crippen LogP contribution in [0, 0.1) is 11.3 Å². The van der Waals surface area contributed by atoms with Gasteiger partial charge in [-0.25, -0.2) is 0 Å². The van der Waals surface area contributed by atoms with Crippen LogP contribution in [0.4, 0.5) is 0 Å². The van der Waals surface area contributed by atoms with Gasteiger partial charge < -0.3 is 4.74 Å². The summed E-state index contributed by atoms with van der Waals surface area (Å²) in [5.41, 5.74) is -0.300. The minimum absolute atomic E-state index is 0.300. The molecule has 1 aliphatic carbocycles. The molecule has 3 nitrogen and oxygen atoms in total. The number of ether oxygens (including phenoxy) is 1. The largest absolute Gasteiger partial charge is 0.381 e. The summed E-state index contributed by atoms with van der Waals surface area (Å²) in [5, 5.41) is 12.9. The highest BCUT2D eigenvalue weighted by molar-refractivity contribution is 5.09. The van der Waals surface area contributed by atoms with Crippen molar-refractivity contribution >= 4 is 0 Å². The van der Waals surface area contributed by atoms with Gasteiger partial charge in [-0.2, -0.15) is 5.26 Å².